The molecule has 0 bridgehead atoms. The van der Waals surface area contributed by atoms with Crippen LogP contribution in [-0.2, 0) is 10.0 Å². The Morgan fingerprint density at radius 2 is 2.17 bits per heavy atom. The van der Waals surface area contributed by atoms with Crippen molar-refractivity contribution in [3.8, 4) is 0 Å². The standard InChI is InChI=1S/C12H18N2O2S.ClH/c1-10-4-2-6-12(8-10)17(15,16)14-11-5-3-7-13-9-11;/h2,4,6,8,11,13-14H,3,5,7,9H2,1H3;1H/t11-;/m1./s1. The second kappa shape index (κ2) is 6.52. The summed E-state index contributed by atoms with van der Waals surface area (Å²) in [5.41, 5.74) is 0.953. The van der Waals surface area contributed by atoms with Gasteiger partial charge in [0.25, 0.3) is 0 Å². The van der Waals surface area contributed by atoms with Crippen molar-refractivity contribution < 1.29 is 8.42 Å². The number of nitrogens with one attached hydrogen (secondary N) is 2. The molecule has 1 aromatic rings. The molecule has 2 rings (SSSR count). The zero-order valence-electron chi connectivity index (χ0n) is 10.3. The Balaban J connectivity index is 0.00000162. The molecule has 0 spiro atoms. The molecule has 1 saturated heterocycles. The predicted molar refractivity (Wildman–Crippen MR) is 74.6 cm³/mol. The van der Waals surface area contributed by atoms with E-state index in [2.05, 4.69) is 10.0 Å². The molecular formula is C12H19ClN2O2S. The Hall–Kier alpha value is -0.620. The predicted octanol–water partition coefficient (Wildman–Crippen LogP) is 1.45. The van der Waals surface area contributed by atoms with Crippen LogP contribution in [0.15, 0.2) is 29.2 Å². The maximum Gasteiger partial charge on any atom is 0.240 e. The van der Waals surface area contributed by atoms with Gasteiger partial charge in [-0.15, -0.1) is 12.4 Å². The fraction of sp³-hybridized carbons (Fsp3) is 0.500. The van der Waals surface area contributed by atoms with E-state index < -0.39 is 10.0 Å². The summed E-state index contributed by atoms with van der Waals surface area (Å²) >= 11 is 0. The van der Waals surface area contributed by atoms with Crippen molar-refractivity contribution in [2.75, 3.05) is 13.1 Å². The Morgan fingerprint density at radius 1 is 1.39 bits per heavy atom. The molecule has 18 heavy (non-hydrogen) atoms. The Bertz CT molecular complexity index is 485. The third-order valence-corrected chi connectivity index (χ3v) is 4.44. The molecule has 4 nitrogen and oxygen atoms in total. The second-order valence-corrected chi connectivity index (χ2v) is 6.20. The van der Waals surface area contributed by atoms with Gasteiger partial charge in [0, 0.05) is 12.6 Å². The summed E-state index contributed by atoms with van der Waals surface area (Å²) < 4.78 is 27.0. The Labute approximate surface area is 115 Å². The van der Waals surface area contributed by atoms with Crippen molar-refractivity contribution in [1.29, 1.82) is 0 Å². The van der Waals surface area contributed by atoms with E-state index in [4.69, 9.17) is 0 Å². The SMILES string of the molecule is Cc1cccc(S(=O)(=O)N[C@@H]2CCCNC2)c1.Cl. The highest BCUT2D eigenvalue weighted by molar-refractivity contribution is 7.89. The fourth-order valence-corrected chi connectivity index (χ4v) is 3.40. The number of piperidine rings is 1. The van der Waals surface area contributed by atoms with Crippen LogP contribution >= 0.6 is 12.4 Å². The number of rotatable bonds is 3. The lowest BCUT2D eigenvalue weighted by atomic mass is 10.1. The van der Waals surface area contributed by atoms with Gasteiger partial charge in [0.15, 0.2) is 0 Å². The highest BCUT2D eigenvalue weighted by Crippen LogP contribution is 2.13. The number of hydrogen-bond donors (Lipinski definition) is 2. The van der Waals surface area contributed by atoms with E-state index in [0.717, 1.165) is 24.9 Å². The van der Waals surface area contributed by atoms with Gasteiger partial charge < -0.3 is 5.32 Å². The van der Waals surface area contributed by atoms with Crippen LogP contribution in [0, 0.1) is 6.92 Å². The molecule has 6 heteroatoms. The summed E-state index contributed by atoms with van der Waals surface area (Å²) in [6.45, 7) is 3.58. The monoisotopic (exact) mass is 290 g/mol. The fourth-order valence-electron chi connectivity index (χ4n) is 2.02. The van der Waals surface area contributed by atoms with Gasteiger partial charge in [-0.05, 0) is 44.0 Å². The van der Waals surface area contributed by atoms with Gasteiger partial charge in [0.05, 0.1) is 4.90 Å². The molecule has 0 unspecified atom stereocenters. The number of halogens is 1. The first kappa shape index (κ1) is 15.4. The molecule has 1 aromatic carbocycles. The number of aryl methyl sites for hydroxylation is 1. The Kier molecular flexibility index (Phi) is 5.59. The van der Waals surface area contributed by atoms with Crippen molar-refractivity contribution in [1.82, 2.24) is 10.0 Å². The van der Waals surface area contributed by atoms with E-state index in [0.29, 0.717) is 11.4 Å². The van der Waals surface area contributed by atoms with Gasteiger partial charge in [-0.2, -0.15) is 0 Å². The largest absolute Gasteiger partial charge is 0.315 e. The lowest BCUT2D eigenvalue weighted by Gasteiger charge is -2.23. The molecule has 1 fully saturated rings. The van der Waals surface area contributed by atoms with E-state index in [1.54, 1.807) is 18.2 Å². The summed E-state index contributed by atoms with van der Waals surface area (Å²) in [5, 5.41) is 3.19. The molecular weight excluding hydrogens is 272 g/mol. The lowest BCUT2D eigenvalue weighted by Crippen LogP contribution is -2.45. The van der Waals surface area contributed by atoms with E-state index in [1.165, 1.54) is 0 Å². The number of hydrogen-bond acceptors (Lipinski definition) is 3. The minimum Gasteiger partial charge on any atom is -0.315 e. The molecule has 0 radical (unpaired) electrons. The summed E-state index contributed by atoms with van der Waals surface area (Å²) in [6, 6.07) is 6.99. The van der Waals surface area contributed by atoms with Crippen molar-refractivity contribution >= 4 is 22.4 Å². The number of benzene rings is 1. The molecule has 2 N–H and O–H groups in total. The second-order valence-electron chi connectivity index (χ2n) is 4.48. The van der Waals surface area contributed by atoms with E-state index in [1.807, 2.05) is 13.0 Å². The van der Waals surface area contributed by atoms with Crippen LogP contribution in [0.4, 0.5) is 0 Å². The Morgan fingerprint density at radius 3 is 2.78 bits per heavy atom. The molecule has 102 valence electrons. The zero-order valence-corrected chi connectivity index (χ0v) is 12.0. The van der Waals surface area contributed by atoms with Crippen LogP contribution in [0.1, 0.15) is 18.4 Å². The van der Waals surface area contributed by atoms with Gasteiger partial charge in [-0.3, -0.25) is 0 Å². The first-order valence-corrected chi connectivity index (χ1v) is 7.36. The number of sulfonamides is 1. The van der Waals surface area contributed by atoms with Gasteiger partial charge in [0.2, 0.25) is 10.0 Å². The summed E-state index contributed by atoms with van der Waals surface area (Å²) in [5.74, 6) is 0. The van der Waals surface area contributed by atoms with Crippen LogP contribution < -0.4 is 10.0 Å². The maximum atomic E-state index is 12.1. The third-order valence-electron chi connectivity index (χ3n) is 2.92. The summed E-state index contributed by atoms with van der Waals surface area (Å²) in [6.07, 6.45) is 1.92. The van der Waals surface area contributed by atoms with Gasteiger partial charge in [-0.1, -0.05) is 12.1 Å². The normalized spacial score (nSPS) is 20.2. The topological polar surface area (TPSA) is 58.2 Å². The summed E-state index contributed by atoms with van der Waals surface area (Å²) in [7, 11) is -3.37. The molecule has 0 aliphatic carbocycles. The molecule has 0 aromatic heterocycles. The van der Waals surface area contributed by atoms with Crippen molar-refractivity contribution in [2.24, 2.45) is 0 Å². The van der Waals surface area contributed by atoms with E-state index in [-0.39, 0.29) is 18.4 Å². The average molecular weight is 291 g/mol. The average Bonchev–Trinajstić information content (AvgIpc) is 2.30. The lowest BCUT2D eigenvalue weighted by molar-refractivity contribution is 0.428. The summed E-state index contributed by atoms with van der Waals surface area (Å²) in [4.78, 5) is 0.350. The quantitative estimate of drug-likeness (QED) is 0.886. The van der Waals surface area contributed by atoms with Crippen LogP contribution in [0.5, 0.6) is 0 Å². The van der Waals surface area contributed by atoms with Gasteiger partial charge >= 0.3 is 0 Å². The molecule has 1 aliphatic heterocycles. The minimum absolute atomic E-state index is 0. The van der Waals surface area contributed by atoms with Crippen LogP contribution in [0.25, 0.3) is 0 Å². The smallest absolute Gasteiger partial charge is 0.240 e. The first-order valence-electron chi connectivity index (χ1n) is 5.88. The molecule has 0 saturated carbocycles. The van der Waals surface area contributed by atoms with Crippen LogP contribution in [0.2, 0.25) is 0 Å². The highest BCUT2D eigenvalue weighted by Gasteiger charge is 2.21. The van der Waals surface area contributed by atoms with Crippen molar-refractivity contribution in [2.45, 2.75) is 30.7 Å². The van der Waals surface area contributed by atoms with Crippen molar-refractivity contribution in [3.63, 3.8) is 0 Å². The highest BCUT2D eigenvalue weighted by atomic mass is 35.5. The van der Waals surface area contributed by atoms with E-state index in [9.17, 15) is 8.42 Å². The maximum absolute atomic E-state index is 12.1. The van der Waals surface area contributed by atoms with Crippen molar-refractivity contribution in [3.05, 3.63) is 29.8 Å². The van der Waals surface area contributed by atoms with Crippen LogP contribution in [-0.4, -0.2) is 27.5 Å². The minimum atomic E-state index is -3.37. The van der Waals surface area contributed by atoms with Crippen LogP contribution in [0.3, 0.4) is 0 Å². The zero-order chi connectivity index (χ0) is 12.3. The molecule has 1 aliphatic rings. The first-order chi connectivity index (χ1) is 8.08. The molecule has 1 heterocycles. The van der Waals surface area contributed by atoms with Gasteiger partial charge in [0.1, 0.15) is 0 Å². The third kappa shape index (κ3) is 3.95. The molecule has 1 atom stereocenters. The van der Waals surface area contributed by atoms with Gasteiger partial charge in [-0.25, -0.2) is 13.1 Å². The van der Waals surface area contributed by atoms with E-state index >= 15 is 0 Å². The molecule has 0 amide bonds.